The SMILES string of the molecule is CC(C)OC(=O)C(C)(C)N[P@](=O)(CO[C@H](C)Cn1cnc2c(N)ncnc21)N[C@H](C)C(=O)OC1CCC1. The number of hydrogen-bond donors (Lipinski definition) is 3. The smallest absolute Gasteiger partial charge is 0.326 e. The summed E-state index contributed by atoms with van der Waals surface area (Å²) in [6.45, 7) is 10.3. The van der Waals surface area contributed by atoms with Gasteiger partial charge in [0.05, 0.1) is 25.1 Å². The second kappa shape index (κ2) is 11.8. The molecular weight excluding hydrogens is 501 g/mol. The standard InChI is InChI=1S/C23H38N7O6P/c1-14(2)35-22(32)23(5,6)29-37(33,28-16(4)21(31)36-17-8-7-9-17)13-34-15(3)10-30-12-27-18-19(24)25-11-26-20(18)30/h11-12,14-17H,7-10,13H2,1-6H3,(H2,24,25,26)(H2,28,29,33)/t15-,16-,37+/m1/s1. The van der Waals surface area contributed by atoms with Crippen LogP contribution in [0.5, 0.6) is 0 Å². The van der Waals surface area contributed by atoms with E-state index in [0.717, 1.165) is 19.3 Å². The molecule has 2 heterocycles. The van der Waals surface area contributed by atoms with Crippen LogP contribution in [0.25, 0.3) is 11.2 Å². The number of carbonyl (C=O) groups is 2. The van der Waals surface area contributed by atoms with E-state index in [0.29, 0.717) is 17.7 Å². The Labute approximate surface area is 216 Å². The van der Waals surface area contributed by atoms with E-state index >= 15 is 0 Å². The molecule has 1 fully saturated rings. The summed E-state index contributed by atoms with van der Waals surface area (Å²) >= 11 is 0. The van der Waals surface area contributed by atoms with E-state index in [1.165, 1.54) is 6.33 Å². The normalized spacial score (nSPS) is 17.7. The van der Waals surface area contributed by atoms with Crippen molar-refractivity contribution in [2.45, 2.75) is 97.2 Å². The molecule has 14 heteroatoms. The molecule has 0 unspecified atom stereocenters. The highest BCUT2D eigenvalue weighted by molar-refractivity contribution is 7.59. The van der Waals surface area contributed by atoms with Crippen LogP contribution in [0.15, 0.2) is 12.7 Å². The summed E-state index contributed by atoms with van der Waals surface area (Å²) < 4.78 is 32.5. The number of esters is 2. The van der Waals surface area contributed by atoms with Crippen LogP contribution in [0.1, 0.15) is 60.8 Å². The predicted molar refractivity (Wildman–Crippen MR) is 138 cm³/mol. The van der Waals surface area contributed by atoms with E-state index in [9.17, 15) is 14.2 Å². The summed E-state index contributed by atoms with van der Waals surface area (Å²) in [5, 5.41) is 5.72. The number of nitrogen functional groups attached to an aromatic ring is 1. The average Bonchev–Trinajstić information content (AvgIpc) is 3.18. The molecule has 0 aliphatic heterocycles. The maximum Gasteiger partial charge on any atom is 0.326 e. The zero-order chi connectivity index (χ0) is 27.4. The highest BCUT2D eigenvalue weighted by Gasteiger charge is 2.40. The molecule has 2 aromatic heterocycles. The minimum absolute atomic E-state index is 0.110. The van der Waals surface area contributed by atoms with Crippen LogP contribution >= 0.6 is 7.44 Å². The highest BCUT2D eigenvalue weighted by atomic mass is 31.2. The molecule has 4 N–H and O–H groups in total. The van der Waals surface area contributed by atoms with E-state index in [1.807, 2.05) is 0 Å². The van der Waals surface area contributed by atoms with Gasteiger partial charge in [-0.2, -0.15) is 0 Å². The Morgan fingerprint density at radius 2 is 1.92 bits per heavy atom. The zero-order valence-electron chi connectivity index (χ0n) is 22.3. The van der Waals surface area contributed by atoms with E-state index < -0.39 is 37.1 Å². The topological polar surface area (TPSA) is 173 Å². The molecule has 206 valence electrons. The number of carbonyl (C=O) groups excluding carboxylic acids is 2. The Hall–Kier alpha value is -2.60. The van der Waals surface area contributed by atoms with Crippen molar-refractivity contribution in [1.82, 2.24) is 29.7 Å². The molecule has 13 nitrogen and oxygen atoms in total. The third-order valence-electron chi connectivity index (χ3n) is 5.83. The zero-order valence-corrected chi connectivity index (χ0v) is 23.2. The molecule has 1 aliphatic rings. The first-order chi connectivity index (χ1) is 17.3. The van der Waals surface area contributed by atoms with Gasteiger partial charge < -0.3 is 24.5 Å². The van der Waals surface area contributed by atoms with Gasteiger partial charge in [0, 0.05) is 0 Å². The quantitative estimate of drug-likeness (QED) is 0.251. The van der Waals surface area contributed by atoms with Gasteiger partial charge in [0.15, 0.2) is 11.5 Å². The van der Waals surface area contributed by atoms with Crippen molar-refractivity contribution in [2.24, 2.45) is 0 Å². The first kappa shape index (κ1) is 29.0. The molecule has 2 aromatic rings. The lowest BCUT2D eigenvalue weighted by Gasteiger charge is -2.33. The number of fused-ring (bicyclic) bond motifs is 1. The Morgan fingerprint density at radius 3 is 2.54 bits per heavy atom. The van der Waals surface area contributed by atoms with Gasteiger partial charge in [-0.05, 0) is 60.8 Å². The first-order valence-corrected chi connectivity index (χ1v) is 14.3. The average molecular weight is 540 g/mol. The van der Waals surface area contributed by atoms with Crippen molar-refractivity contribution in [3.8, 4) is 0 Å². The van der Waals surface area contributed by atoms with E-state index in [2.05, 4.69) is 25.1 Å². The summed E-state index contributed by atoms with van der Waals surface area (Å²) in [5.41, 5.74) is 5.56. The molecule has 37 heavy (non-hydrogen) atoms. The largest absolute Gasteiger partial charge is 0.462 e. The van der Waals surface area contributed by atoms with Gasteiger partial charge in [0.1, 0.15) is 35.9 Å². The van der Waals surface area contributed by atoms with Crippen molar-refractivity contribution < 1.29 is 28.4 Å². The lowest BCUT2D eigenvalue weighted by atomic mass is 9.96. The fourth-order valence-electron chi connectivity index (χ4n) is 3.68. The number of aromatic nitrogens is 4. The molecule has 3 rings (SSSR count). The van der Waals surface area contributed by atoms with Crippen molar-refractivity contribution in [2.75, 3.05) is 12.1 Å². The Balaban J connectivity index is 1.71. The Morgan fingerprint density at radius 1 is 1.22 bits per heavy atom. The van der Waals surface area contributed by atoms with Crippen LogP contribution in [0.3, 0.4) is 0 Å². The van der Waals surface area contributed by atoms with E-state index in [-0.39, 0.29) is 24.4 Å². The van der Waals surface area contributed by atoms with Crippen molar-refractivity contribution >= 4 is 36.4 Å². The summed E-state index contributed by atoms with van der Waals surface area (Å²) in [6, 6.07) is -0.896. The van der Waals surface area contributed by atoms with Gasteiger partial charge in [-0.3, -0.25) is 14.2 Å². The highest BCUT2D eigenvalue weighted by Crippen LogP contribution is 2.40. The molecule has 0 radical (unpaired) electrons. The molecule has 3 atom stereocenters. The molecule has 1 saturated carbocycles. The van der Waals surface area contributed by atoms with Crippen LogP contribution in [-0.4, -0.2) is 67.7 Å². The maximum atomic E-state index is 14.0. The molecule has 0 bridgehead atoms. The fraction of sp³-hybridized carbons (Fsp3) is 0.696. The van der Waals surface area contributed by atoms with Gasteiger partial charge in [-0.1, -0.05) is 0 Å². The van der Waals surface area contributed by atoms with Crippen LogP contribution in [-0.2, 0) is 34.9 Å². The van der Waals surface area contributed by atoms with Crippen LogP contribution < -0.4 is 15.9 Å². The third-order valence-corrected chi connectivity index (χ3v) is 8.07. The summed E-state index contributed by atoms with van der Waals surface area (Å²) in [5.74, 6) is -0.817. The number of imidazole rings is 1. The number of nitrogens with one attached hydrogen (secondary N) is 2. The first-order valence-electron chi connectivity index (χ1n) is 12.4. The van der Waals surface area contributed by atoms with Crippen LogP contribution in [0, 0.1) is 0 Å². The number of rotatable bonds is 13. The van der Waals surface area contributed by atoms with Gasteiger partial charge in [0.2, 0.25) is 7.44 Å². The van der Waals surface area contributed by atoms with Crippen molar-refractivity contribution in [3.05, 3.63) is 12.7 Å². The molecule has 0 saturated heterocycles. The predicted octanol–water partition coefficient (Wildman–Crippen LogP) is 2.36. The maximum absolute atomic E-state index is 14.0. The van der Waals surface area contributed by atoms with Crippen LogP contribution in [0.4, 0.5) is 5.82 Å². The monoisotopic (exact) mass is 539 g/mol. The molecular formula is C23H38N7O6P. The van der Waals surface area contributed by atoms with E-state index in [4.69, 9.17) is 19.9 Å². The third kappa shape index (κ3) is 7.70. The Kier molecular flexibility index (Phi) is 9.27. The van der Waals surface area contributed by atoms with Crippen molar-refractivity contribution in [1.29, 1.82) is 0 Å². The second-order valence-corrected chi connectivity index (χ2v) is 12.4. The van der Waals surface area contributed by atoms with Crippen LogP contribution in [0.2, 0.25) is 0 Å². The summed E-state index contributed by atoms with van der Waals surface area (Å²) in [7, 11) is -3.68. The number of nitrogens with zero attached hydrogens (tertiary/aromatic N) is 4. The minimum Gasteiger partial charge on any atom is -0.462 e. The molecule has 0 spiro atoms. The lowest BCUT2D eigenvalue weighted by Crippen LogP contribution is -2.51. The van der Waals surface area contributed by atoms with Gasteiger partial charge >= 0.3 is 11.9 Å². The number of anilines is 1. The number of ether oxygens (including phenoxy) is 3. The summed E-state index contributed by atoms with van der Waals surface area (Å²) in [4.78, 5) is 37.6. The van der Waals surface area contributed by atoms with Crippen molar-refractivity contribution in [3.63, 3.8) is 0 Å². The van der Waals surface area contributed by atoms with E-state index in [1.54, 1.807) is 52.4 Å². The Bertz CT molecular complexity index is 1150. The van der Waals surface area contributed by atoms with Gasteiger partial charge in [-0.25, -0.2) is 25.1 Å². The number of nitrogens with two attached hydrogens (primary N) is 1. The minimum atomic E-state index is -3.68. The molecule has 0 amide bonds. The second-order valence-electron chi connectivity index (χ2n) is 10.2. The summed E-state index contributed by atoms with van der Waals surface area (Å²) in [6.07, 6.45) is 4.39. The fourth-order valence-corrected chi connectivity index (χ4v) is 6.07. The lowest BCUT2D eigenvalue weighted by molar-refractivity contribution is -0.154. The number of hydrogen-bond acceptors (Lipinski definition) is 10. The molecule has 1 aliphatic carbocycles. The van der Waals surface area contributed by atoms with Gasteiger partial charge in [0.25, 0.3) is 0 Å². The molecule has 0 aromatic carbocycles. The van der Waals surface area contributed by atoms with Gasteiger partial charge in [-0.15, -0.1) is 0 Å².